The lowest BCUT2D eigenvalue weighted by atomic mass is 9.83. The summed E-state index contributed by atoms with van der Waals surface area (Å²) in [7, 11) is 0. The summed E-state index contributed by atoms with van der Waals surface area (Å²) in [5.41, 5.74) is 1.97. The molecule has 1 aliphatic rings. The summed E-state index contributed by atoms with van der Waals surface area (Å²) in [6.07, 6.45) is 4.99. The van der Waals surface area contributed by atoms with Crippen molar-refractivity contribution >= 4 is 5.97 Å². The molecule has 0 saturated heterocycles. The molecule has 21 heavy (non-hydrogen) atoms. The van der Waals surface area contributed by atoms with Crippen LogP contribution >= 0.6 is 0 Å². The van der Waals surface area contributed by atoms with Crippen molar-refractivity contribution in [3.63, 3.8) is 0 Å². The van der Waals surface area contributed by atoms with Crippen molar-refractivity contribution in [2.45, 2.75) is 25.7 Å². The van der Waals surface area contributed by atoms with E-state index in [0.717, 1.165) is 11.1 Å². The predicted molar refractivity (Wildman–Crippen MR) is 76.7 cm³/mol. The Morgan fingerprint density at radius 2 is 2.05 bits per heavy atom. The van der Waals surface area contributed by atoms with Gasteiger partial charge in [-0.1, -0.05) is 41.6 Å². The largest absolute Gasteiger partial charge is 0.481 e. The fourth-order valence-electron chi connectivity index (χ4n) is 2.68. The van der Waals surface area contributed by atoms with Gasteiger partial charge in [-0.05, 0) is 25.3 Å². The Kier molecular flexibility index (Phi) is 3.56. The van der Waals surface area contributed by atoms with E-state index in [4.69, 9.17) is 4.52 Å². The highest BCUT2D eigenvalue weighted by Gasteiger charge is 2.34. The van der Waals surface area contributed by atoms with Gasteiger partial charge in [-0.25, -0.2) is 0 Å². The van der Waals surface area contributed by atoms with Gasteiger partial charge in [-0.15, -0.1) is 0 Å². The molecular formula is C16H16N2O3. The summed E-state index contributed by atoms with van der Waals surface area (Å²) in [5.74, 6) is -0.648. The van der Waals surface area contributed by atoms with E-state index in [-0.39, 0.29) is 5.92 Å². The van der Waals surface area contributed by atoms with Crippen LogP contribution in [-0.4, -0.2) is 21.2 Å². The van der Waals surface area contributed by atoms with Gasteiger partial charge in [-0.3, -0.25) is 4.79 Å². The third-order valence-electron chi connectivity index (χ3n) is 3.89. The molecule has 5 heteroatoms. The molecule has 0 fully saturated rings. The van der Waals surface area contributed by atoms with Crippen LogP contribution in [0.3, 0.4) is 0 Å². The fourth-order valence-corrected chi connectivity index (χ4v) is 2.68. The van der Waals surface area contributed by atoms with Crippen LogP contribution in [0.5, 0.6) is 0 Å². The minimum atomic E-state index is -0.819. The van der Waals surface area contributed by atoms with E-state index in [1.807, 2.05) is 43.3 Å². The van der Waals surface area contributed by atoms with E-state index in [1.54, 1.807) is 0 Å². The molecule has 1 heterocycles. The van der Waals surface area contributed by atoms with Gasteiger partial charge in [0.05, 0.1) is 11.8 Å². The Hall–Kier alpha value is -2.43. The fraction of sp³-hybridized carbons (Fsp3) is 0.312. The minimum absolute atomic E-state index is 0.252. The molecule has 1 aromatic carbocycles. The Morgan fingerprint density at radius 3 is 2.81 bits per heavy atom. The zero-order valence-corrected chi connectivity index (χ0v) is 11.7. The topological polar surface area (TPSA) is 76.2 Å². The third kappa shape index (κ3) is 2.59. The maximum atomic E-state index is 11.3. The molecule has 0 spiro atoms. The lowest BCUT2D eigenvalue weighted by molar-refractivity contribution is -0.142. The summed E-state index contributed by atoms with van der Waals surface area (Å²) in [6, 6.07) is 7.78. The number of benzene rings is 1. The molecule has 0 amide bonds. The van der Waals surface area contributed by atoms with Gasteiger partial charge in [0.2, 0.25) is 11.7 Å². The quantitative estimate of drug-likeness (QED) is 0.876. The highest BCUT2D eigenvalue weighted by Crippen LogP contribution is 2.34. The number of aryl methyl sites for hydroxylation is 1. The number of carboxylic acid groups (broad SMARTS) is 1. The zero-order valence-electron chi connectivity index (χ0n) is 11.7. The summed E-state index contributed by atoms with van der Waals surface area (Å²) in [5, 5.41) is 13.3. The van der Waals surface area contributed by atoms with Crippen LogP contribution in [0.15, 0.2) is 40.9 Å². The molecule has 0 radical (unpaired) electrons. The number of nitrogens with zero attached hydrogens (tertiary/aromatic N) is 2. The molecule has 0 aliphatic heterocycles. The molecule has 108 valence electrons. The van der Waals surface area contributed by atoms with Crippen LogP contribution in [0.1, 0.15) is 30.2 Å². The molecule has 0 saturated carbocycles. The first-order chi connectivity index (χ1) is 10.2. The van der Waals surface area contributed by atoms with Crippen molar-refractivity contribution < 1.29 is 14.4 Å². The van der Waals surface area contributed by atoms with Crippen LogP contribution in [-0.2, 0) is 4.79 Å². The van der Waals surface area contributed by atoms with Gasteiger partial charge in [0.1, 0.15) is 0 Å². The lowest BCUT2D eigenvalue weighted by Gasteiger charge is -2.21. The first-order valence-corrected chi connectivity index (χ1v) is 6.94. The standard InChI is InChI=1S/C16H16N2O3/c1-10-6-2-3-7-11(10)14-17-15(21-18-14)12-8-4-5-9-13(12)16(19)20/h2-7,12-13H,8-9H2,1H3,(H,19,20). The highest BCUT2D eigenvalue weighted by atomic mass is 16.5. The average Bonchev–Trinajstić information content (AvgIpc) is 2.97. The zero-order chi connectivity index (χ0) is 14.8. The van der Waals surface area contributed by atoms with Gasteiger partial charge >= 0.3 is 5.97 Å². The van der Waals surface area contributed by atoms with Crippen LogP contribution in [0.25, 0.3) is 11.4 Å². The van der Waals surface area contributed by atoms with Crippen LogP contribution < -0.4 is 0 Å². The summed E-state index contributed by atoms with van der Waals surface area (Å²) >= 11 is 0. The van der Waals surface area contributed by atoms with E-state index >= 15 is 0 Å². The number of aromatic nitrogens is 2. The Bertz CT molecular complexity index is 690. The van der Waals surface area contributed by atoms with Crippen LogP contribution in [0, 0.1) is 12.8 Å². The van der Waals surface area contributed by atoms with Crippen molar-refractivity contribution in [1.29, 1.82) is 0 Å². The normalized spacial score (nSPS) is 21.4. The molecule has 1 aromatic heterocycles. The second-order valence-electron chi connectivity index (χ2n) is 5.27. The van der Waals surface area contributed by atoms with Crippen LogP contribution in [0.4, 0.5) is 0 Å². The third-order valence-corrected chi connectivity index (χ3v) is 3.89. The van der Waals surface area contributed by atoms with Gasteiger partial charge in [0, 0.05) is 5.56 Å². The van der Waals surface area contributed by atoms with Crippen molar-refractivity contribution in [2.75, 3.05) is 0 Å². The molecule has 2 unspecified atom stereocenters. The number of carbonyl (C=O) groups is 1. The second kappa shape index (κ2) is 5.52. The maximum Gasteiger partial charge on any atom is 0.307 e. The van der Waals surface area contributed by atoms with E-state index < -0.39 is 11.9 Å². The van der Waals surface area contributed by atoms with Crippen molar-refractivity contribution in [2.24, 2.45) is 5.92 Å². The van der Waals surface area contributed by atoms with Crippen molar-refractivity contribution in [3.8, 4) is 11.4 Å². The summed E-state index contributed by atoms with van der Waals surface area (Å²) in [6.45, 7) is 1.98. The molecule has 1 aliphatic carbocycles. The number of allylic oxidation sites excluding steroid dienone is 2. The van der Waals surface area contributed by atoms with Crippen molar-refractivity contribution in [1.82, 2.24) is 10.1 Å². The molecular weight excluding hydrogens is 268 g/mol. The van der Waals surface area contributed by atoms with Gasteiger partial charge in [0.15, 0.2) is 0 Å². The maximum absolute atomic E-state index is 11.3. The first kappa shape index (κ1) is 13.5. The molecule has 0 bridgehead atoms. The Labute approximate surface area is 122 Å². The first-order valence-electron chi connectivity index (χ1n) is 6.94. The average molecular weight is 284 g/mol. The van der Waals surface area contributed by atoms with Gasteiger partial charge in [0.25, 0.3) is 0 Å². The van der Waals surface area contributed by atoms with E-state index in [1.165, 1.54) is 0 Å². The smallest absolute Gasteiger partial charge is 0.307 e. The minimum Gasteiger partial charge on any atom is -0.481 e. The summed E-state index contributed by atoms with van der Waals surface area (Å²) < 4.78 is 5.34. The van der Waals surface area contributed by atoms with E-state index in [9.17, 15) is 9.90 Å². The molecule has 3 rings (SSSR count). The molecule has 2 aromatic rings. The lowest BCUT2D eigenvalue weighted by Crippen LogP contribution is -2.23. The Balaban J connectivity index is 1.93. The Morgan fingerprint density at radius 1 is 1.29 bits per heavy atom. The second-order valence-corrected chi connectivity index (χ2v) is 5.27. The van der Waals surface area contributed by atoms with E-state index in [0.29, 0.717) is 24.6 Å². The number of rotatable bonds is 3. The molecule has 1 N–H and O–H groups in total. The van der Waals surface area contributed by atoms with Gasteiger partial charge < -0.3 is 9.63 Å². The van der Waals surface area contributed by atoms with Crippen molar-refractivity contribution in [3.05, 3.63) is 47.9 Å². The number of aliphatic carboxylic acids is 1. The summed E-state index contributed by atoms with van der Waals surface area (Å²) in [4.78, 5) is 15.8. The van der Waals surface area contributed by atoms with E-state index in [2.05, 4.69) is 10.1 Å². The number of hydrogen-bond acceptors (Lipinski definition) is 4. The molecule has 2 atom stereocenters. The van der Waals surface area contributed by atoms with Crippen LogP contribution in [0.2, 0.25) is 0 Å². The SMILES string of the molecule is Cc1ccccc1-c1noc(C2CC=CCC2C(=O)O)n1. The molecule has 5 nitrogen and oxygen atoms in total. The monoisotopic (exact) mass is 284 g/mol. The number of carboxylic acids is 1. The predicted octanol–water partition coefficient (Wildman–Crippen LogP) is 3.18. The highest BCUT2D eigenvalue weighted by molar-refractivity contribution is 5.71. The van der Waals surface area contributed by atoms with Gasteiger partial charge in [-0.2, -0.15) is 4.98 Å². The number of hydrogen-bond donors (Lipinski definition) is 1.